The smallest absolute Gasteiger partial charge is 0.272 e. The summed E-state index contributed by atoms with van der Waals surface area (Å²) < 4.78 is 5.33. The first-order valence-electron chi connectivity index (χ1n) is 6.83. The van der Waals surface area contributed by atoms with E-state index < -0.39 is 5.91 Å². The van der Waals surface area contributed by atoms with Gasteiger partial charge < -0.3 is 10.5 Å². The molecule has 2 rings (SSSR count). The molecule has 0 radical (unpaired) electrons. The lowest BCUT2D eigenvalue weighted by Gasteiger charge is -2.10. The summed E-state index contributed by atoms with van der Waals surface area (Å²) in [6, 6.07) is 10.3. The van der Waals surface area contributed by atoms with Gasteiger partial charge in [-0.25, -0.2) is 5.43 Å². The van der Waals surface area contributed by atoms with Crippen LogP contribution in [0.2, 0.25) is 0 Å². The Hall–Kier alpha value is -3.22. The second-order valence-electron chi connectivity index (χ2n) is 4.63. The number of carbonyl (C=O) groups is 2. The van der Waals surface area contributed by atoms with Crippen molar-refractivity contribution in [3.63, 3.8) is 0 Å². The molecule has 0 unspecified atom stereocenters. The second-order valence-corrected chi connectivity index (χ2v) is 4.63. The number of para-hydroxylation sites is 1. The molecule has 2 aromatic rings. The number of ether oxygens (including phenoxy) is 1. The number of rotatable bonds is 6. The fourth-order valence-corrected chi connectivity index (χ4v) is 1.80. The number of carbonyl (C=O) groups excluding carboxylic acids is 2. The molecule has 0 aliphatic rings. The Morgan fingerprint density at radius 3 is 2.74 bits per heavy atom. The van der Waals surface area contributed by atoms with Crippen molar-refractivity contribution >= 4 is 17.5 Å². The summed E-state index contributed by atoms with van der Waals surface area (Å²) in [6.07, 6.45) is 3.03. The number of pyridine rings is 1. The first kappa shape index (κ1) is 16.2. The Balaban J connectivity index is 2.12. The summed E-state index contributed by atoms with van der Waals surface area (Å²) in [6.45, 7) is 1.49. The van der Waals surface area contributed by atoms with E-state index in [0.29, 0.717) is 22.6 Å². The zero-order valence-corrected chi connectivity index (χ0v) is 12.5. The number of nitrogens with one attached hydrogen (secondary N) is 1. The molecule has 0 fully saturated rings. The van der Waals surface area contributed by atoms with Crippen molar-refractivity contribution < 1.29 is 14.3 Å². The van der Waals surface area contributed by atoms with E-state index in [2.05, 4.69) is 15.5 Å². The van der Waals surface area contributed by atoms with E-state index in [4.69, 9.17) is 10.5 Å². The van der Waals surface area contributed by atoms with Crippen molar-refractivity contribution in [2.75, 3.05) is 6.61 Å². The van der Waals surface area contributed by atoms with Crippen LogP contribution in [0.15, 0.2) is 53.9 Å². The summed E-state index contributed by atoms with van der Waals surface area (Å²) in [5.74, 6) is -0.476. The monoisotopic (exact) mass is 312 g/mol. The number of nitrogens with two attached hydrogens (primary N) is 1. The Morgan fingerprint density at radius 2 is 2.04 bits per heavy atom. The van der Waals surface area contributed by atoms with Crippen LogP contribution in [0.1, 0.15) is 22.8 Å². The van der Waals surface area contributed by atoms with E-state index in [1.165, 1.54) is 6.20 Å². The van der Waals surface area contributed by atoms with Crippen LogP contribution in [-0.4, -0.2) is 29.1 Å². The normalized spacial score (nSPS) is 10.9. The predicted molar refractivity (Wildman–Crippen MR) is 85.0 cm³/mol. The molecular formula is C16H16N4O3. The molecule has 0 spiro atoms. The number of primary amides is 1. The van der Waals surface area contributed by atoms with Crippen LogP contribution in [0, 0.1) is 0 Å². The fourth-order valence-electron chi connectivity index (χ4n) is 1.80. The number of amides is 2. The van der Waals surface area contributed by atoms with E-state index in [-0.39, 0.29) is 12.5 Å². The lowest BCUT2D eigenvalue weighted by atomic mass is 10.1. The van der Waals surface area contributed by atoms with E-state index in [1.54, 1.807) is 49.5 Å². The summed E-state index contributed by atoms with van der Waals surface area (Å²) in [5.41, 5.74) is 9.11. The Bertz CT molecular complexity index is 729. The lowest BCUT2D eigenvalue weighted by molar-refractivity contribution is -0.119. The lowest BCUT2D eigenvalue weighted by Crippen LogP contribution is -2.21. The van der Waals surface area contributed by atoms with Crippen molar-refractivity contribution in [1.82, 2.24) is 10.4 Å². The topological polar surface area (TPSA) is 107 Å². The van der Waals surface area contributed by atoms with Crippen LogP contribution in [0.3, 0.4) is 0 Å². The van der Waals surface area contributed by atoms with Crippen LogP contribution < -0.4 is 15.9 Å². The van der Waals surface area contributed by atoms with E-state index in [0.717, 1.165) is 0 Å². The minimum Gasteiger partial charge on any atom is -0.483 e. The van der Waals surface area contributed by atoms with Crippen LogP contribution in [0.25, 0.3) is 0 Å². The third kappa shape index (κ3) is 4.63. The summed E-state index contributed by atoms with van der Waals surface area (Å²) in [4.78, 5) is 26.6. The number of benzene rings is 1. The van der Waals surface area contributed by atoms with Gasteiger partial charge >= 0.3 is 0 Å². The highest BCUT2D eigenvalue weighted by Gasteiger charge is 2.09. The molecule has 3 N–H and O–H groups in total. The van der Waals surface area contributed by atoms with Gasteiger partial charge in [-0.3, -0.25) is 14.6 Å². The van der Waals surface area contributed by atoms with Crippen molar-refractivity contribution in [3.05, 3.63) is 59.9 Å². The van der Waals surface area contributed by atoms with Crippen molar-refractivity contribution in [2.24, 2.45) is 10.8 Å². The molecule has 1 aromatic heterocycles. The van der Waals surface area contributed by atoms with E-state index in [9.17, 15) is 9.59 Å². The molecular weight excluding hydrogens is 296 g/mol. The third-order valence-electron chi connectivity index (χ3n) is 2.90. The molecule has 0 atom stereocenters. The maximum atomic E-state index is 11.9. The first-order chi connectivity index (χ1) is 11.1. The standard InChI is InChI=1S/C16H16N4O3/c1-11(19-20-16(22)12-5-4-8-18-9-12)13-6-2-3-7-14(13)23-10-15(17)21/h2-9H,10H2,1H3,(H2,17,21)(H,20,22)/b19-11+. The SMILES string of the molecule is C/C(=N\NC(=O)c1cccnc1)c1ccccc1OCC(N)=O. The van der Waals surface area contributed by atoms with Gasteiger partial charge in [-0.2, -0.15) is 5.10 Å². The van der Waals surface area contributed by atoms with Crippen molar-refractivity contribution in [3.8, 4) is 5.75 Å². The van der Waals surface area contributed by atoms with Gasteiger partial charge in [0.25, 0.3) is 11.8 Å². The Morgan fingerprint density at radius 1 is 1.26 bits per heavy atom. The van der Waals surface area contributed by atoms with Crippen LogP contribution in [0.4, 0.5) is 0 Å². The maximum absolute atomic E-state index is 11.9. The number of hydrazone groups is 1. The largest absolute Gasteiger partial charge is 0.483 e. The van der Waals surface area contributed by atoms with Crippen molar-refractivity contribution in [2.45, 2.75) is 6.92 Å². The van der Waals surface area contributed by atoms with Gasteiger partial charge in [0.15, 0.2) is 6.61 Å². The number of hydrogen-bond donors (Lipinski definition) is 2. The summed E-state index contributed by atoms with van der Waals surface area (Å²) >= 11 is 0. The molecule has 118 valence electrons. The highest BCUT2D eigenvalue weighted by Crippen LogP contribution is 2.18. The minimum absolute atomic E-state index is 0.230. The molecule has 7 heteroatoms. The van der Waals surface area contributed by atoms with Gasteiger partial charge in [-0.15, -0.1) is 0 Å². The Labute approximate surface area is 133 Å². The van der Waals surface area contributed by atoms with Crippen LogP contribution >= 0.6 is 0 Å². The predicted octanol–water partition coefficient (Wildman–Crippen LogP) is 1.10. The molecule has 1 heterocycles. The number of hydrogen-bond acceptors (Lipinski definition) is 5. The van der Waals surface area contributed by atoms with Gasteiger partial charge in [0.05, 0.1) is 11.3 Å². The molecule has 0 bridgehead atoms. The van der Waals surface area contributed by atoms with E-state index in [1.807, 2.05) is 0 Å². The highest BCUT2D eigenvalue weighted by molar-refractivity contribution is 6.02. The average Bonchev–Trinajstić information content (AvgIpc) is 2.58. The molecule has 2 amide bonds. The molecule has 0 aliphatic heterocycles. The van der Waals surface area contributed by atoms with Gasteiger partial charge in [0.2, 0.25) is 0 Å². The minimum atomic E-state index is -0.570. The highest BCUT2D eigenvalue weighted by atomic mass is 16.5. The molecule has 1 aromatic carbocycles. The fraction of sp³-hybridized carbons (Fsp3) is 0.125. The van der Waals surface area contributed by atoms with Gasteiger partial charge in [-0.1, -0.05) is 12.1 Å². The third-order valence-corrected chi connectivity index (χ3v) is 2.90. The molecule has 0 saturated carbocycles. The molecule has 23 heavy (non-hydrogen) atoms. The average molecular weight is 312 g/mol. The Kier molecular flexibility index (Phi) is 5.40. The zero-order valence-electron chi connectivity index (χ0n) is 12.5. The van der Waals surface area contributed by atoms with Crippen LogP contribution in [-0.2, 0) is 4.79 Å². The number of nitrogens with zero attached hydrogens (tertiary/aromatic N) is 2. The maximum Gasteiger partial charge on any atom is 0.272 e. The zero-order chi connectivity index (χ0) is 16.7. The van der Waals surface area contributed by atoms with Gasteiger partial charge in [0, 0.05) is 18.0 Å². The summed E-state index contributed by atoms with van der Waals surface area (Å²) in [7, 11) is 0. The van der Waals surface area contributed by atoms with Gasteiger partial charge in [0.1, 0.15) is 5.75 Å². The van der Waals surface area contributed by atoms with E-state index >= 15 is 0 Å². The number of aromatic nitrogens is 1. The molecule has 7 nitrogen and oxygen atoms in total. The van der Waals surface area contributed by atoms with Gasteiger partial charge in [-0.05, 0) is 31.2 Å². The van der Waals surface area contributed by atoms with Crippen molar-refractivity contribution in [1.29, 1.82) is 0 Å². The quantitative estimate of drug-likeness (QED) is 0.615. The molecule has 0 saturated heterocycles. The van der Waals surface area contributed by atoms with Crippen LogP contribution in [0.5, 0.6) is 5.75 Å². The first-order valence-corrected chi connectivity index (χ1v) is 6.83. The molecule has 0 aliphatic carbocycles. The second kappa shape index (κ2) is 7.69. The summed E-state index contributed by atoms with van der Waals surface area (Å²) in [5, 5.41) is 4.05.